The number of guanidine groups is 2. The quantitative estimate of drug-likeness (QED) is 0.154. The van der Waals surface area contributed by atoms with Gasteiger partial charge in [0.15, 0.2) is 5.96 Å². The van der Waals surface area contributed by atoms with Crippen molar-refractivity contribution in [2.75, 3.05) is 27.2 Å². The molecule has 0 saturated carbocycles. The maximum Gasteiger partial charge on any atom is 0.451 e. The van der Waals surface area contributed by atoms with Crippen LogP contribution in [0.3, 0.4) is 0 Å². The van der Waals surface area contributed by atoms with Gasteiger partial charge in [-0.15, -0.1) is 4.76 Å². The molecule has 0 heterocycles. The smallest absolute Gasteiger partial charge is 0.451 e. The first-order chi connectivity index (χ1) is 9.76. The number of carbonyl (C=O) groups is 2. The van der Waals surface area contributed by atoms with Gasteiger partial charge >= 0.3 is 19.7 Å². The van der Waals surface area contributed by atoms with Gasteiger partial charge in [-0.3, -0.25) is 15.0 Å². The van der Waals surface area contributed by atoms with Gasteiger partial charge in [0.05, 0.1) is 0 Å². The fraction of sp³-hybridized carbons (Fsp3) is 0.500. The van der Waals surface area contributed by atoms with Crippen LogP contribution in [0.4, 0.5) is 0 Å². The minimum atomic E-state index is -4.59. The number of nitrogens with zero attached hydrogens (tertiary/aromatic N) is 3. The fourth-order valence-corrected chi connectivity index (χ4v) is 1.20. The molecule has 0 aromatic rings. The standard InChI is InChI=1S/C4H10N3O5P.C4H9N3O2/c1-7(2-3(8)9)4(5)6-13(10,11)12;1-7(4(5)6)2-3(8)9/h2H2,1H3,(H,8,9)(H4,5,6,10,11,12);2H2,1H3,(H3,5,6)(H,8,9). The number of likely N-dealkylation sites (N-methyl/N-ethyl adjacent to an activating group) is 2. The Labute approximate surface area is 125 Å². The zero-order valence-corrected chi connectivity index (χ0v) is 12.8. The summed E-state index contributed by atoms with van der Waals surface area (Å²) in [5, 5.41) is 23.2. The molecule has 9 N–H and O–H groups in total. The molecule has 0 aromatic heterocycles. The second kappa shape index (κ2) is 9.55. The molecule has 0 fully saturated rings. The number of aliphatic carboxylic acids is 2. The average molecular weight is 342 g/mol. The summed E-state index contributed by atoms with van der Waals surface area (Å²) in [6, 6.07) is 0. The molecule has 128 valence electrons. The van der Waals surface area contributed by atoms with Crippen molar-refractivity contribution in [2.24, 2.45) is 16.2 Å². The number of carboxylic acids is 2. The van der Waals surface area contributed by atoms with Crippen LogP contribution in [0.2, 0.25) is 0 Å². The van der Waals surface area contributed by atoms with Crippen molar-refractivity contribution in [1.29, 1.82) is 5.41 Å². The maximum absolute atomic E-state index is 10.3. The Balaban J connectivity index is 0. The van der Waals surface area contributed by atoms with Crippen molar-refractivity contribution in [3.63, 3.8) is 0 Å². The molecule has 0 radical (unpaired) electrons. The van der Waals surface area contributed by atoms with Crippen LogP contribution in [0.5, 0.6) is 0 Å². The zero-order valence-electron chi connectivity index (χ0n) is 11.9. The molecule has 0 spiro atoms. The number of nitrogens with one attached hydrogen (secondary N) is 1. The third-order valence-electron chi connectivity index (χ3n) is 1.78. The Morgan fingerprint density at radius 3 is 1.68 bits per heavy atom. The van der Waals surface area contributed by atoms with Crippen LogP contribution in [-0.4, -0.2) is 80.8 Å². The van der Waals surface area contributed by atoms with Gasteiger partial charge in [-0.05, 0) is 0 Å². The van der Waals surface area contributed by atoms with E-state index in [1.807, 2.05) is 0 Å². The van der Waals surface area contributed by atoms with Crippen molar-refractivity contribution in [3.05, 3.63) is 0 Å². The molecule has 0 rings (SSSR count). The molecule has 0 aliphatic rings. The second-order valence-corrected chi connectivity index (χ2v) is 5.08. The maximum atomic E-state index is 10.3. The molecule has 0 amide bonds. The van der Waals surface area contributed by atoms with E-state index < -0.39 is 32.2 Å². The van der Waals surface area contributed by atoms with Crippen molar-refractivity contribution in [1.82, 2.24) is 9.80 Å². The average Bonchev–Trinajstić information content (AvgIpc) is 2.25. The lowest BCUT2D eigenvalue weighted by Gasteiger charge is -2.14. The highest BCUT2D eigenvalue weighted by Gasteiger charge is 2.14. The monoisotopic (exact) mass is 342 g/mol. The van der Waals surface area contributed by atoms with Crippen LogP contribution in [0.15, 0.2) is 4.76 Å². The van der Waals surface area contributed by atoms with E-state index in [-0.39, 0.29) is 12.5 Å². The molecule has 13 nitrogen and oxygen atoms in total. The van der Waals surface area contributed by atoms with Crippen LogP contribution in [-0.2, 0) is 14.2 Å². The zero-order chi connectivity index (χ0) is 18.1. The number of rotatable bonds is 5. The van der Waals surface area contributed by atoms with Crippen LogP contribution in [0.1, 0.15) is 0 Å². The highest BCUT2D eigenvalue weighted by atomic mass is 31.2. The van der Waals surface area contributed by atoms with Gasteiger partial charge in [-0.2, -0.15) is 0 Å². The van der Waals surface area contributed by atoms with Crippen LogP contribution < -0.4 is 11.5 Å². The van der Waals surface area contributed by atoms with Gasteiger partial charge in [0.25, 0.3) is 0 Å². The third kappa shape index (κ3) is 14.0. The minimum Gasteiger partial charge on any atom is -0.480 e. The normalized spacial score (nSPS) is 11.0. The van der Waals surface area contributed by atoms with E-state index in [0.717, 1.165) is 9.80 Å². The summed E-state index contributed by atoms with van der Waals surface area (Å²) in [6.45, 7) is -0.704. The van der Waals surface area contributed by atoms with Gasteiger partial charge in [-0.25, -0.2) is 4.57 Å². The van der Waals surface area contributed by atoms with Gasteiger partial charge in [-0.1, -0.05) is 0 Å². The molecule has 0 aliphatic carbocycles. The first-order valence-electron chi connectivity index (χ1n) is 5.37. The molecule has 14 heteroatoms. The van der Waals surface area contributed by atoms with E-state index in [4.69, 9.17) is 36.9 Å². The van der Waals surface area contributed by atoms with Crippen molar-refractivity contribution in [2.45, 2.75) is 0 Å². The van der Waals surface area contributed by atoms with Crippen LogP contribution >= 0.6 is 7.75 Å². The van der Waals surface area contributed by atoms with Crippen LogP contribution in [0.25, 0.3) is 0 Å². The molecule has 0 aliphatic heterocycles. The molecule has 0 bridgehead atoms. The fourth-order valence-electron chi connectivity index (χ4n) is 0.782. The lowest BCUT2D eigenvalue weighted by atomic mass is 10.6. The van der Waals surface area contributed by atoms with E-state index >= 15 is 0 Å². The highest BCUT2D eigenvalue weighted by Crippen LogP contribution is 2.35. The summed E-state index contributed by atoms with van der Waals surface area (Å²) in [6.07, 6.45) is 0. The Bertz CT molecular complexity index is 489. The second-order valence-electron chi connectivity index (χ2n) is 3.86. The van der Waals surface area contributed by atoms with Crippen LogP contribution in [0, 0.1) is 5.41 Å². The first kappa shape index (κ1) is 21.9. The number of hydrogen-bond acceptors (Lipinski definition) is 4. The lowest BCUT2D eigenvalue weighted by molar-refractivity contribution is -0.138. The topological polar surface area (TPSA) is 227 Å². The molecule has 0 saturated heterocycles. The molecule has 0 unspecified atom stereocenters. The molecular weight excluding hydrogens is 323 g/mol. The summed E-state index contributed by atoms with van der Waals surface area (Å²) in [7, 11) is -1.90. The first-order valence-corrected chi connectivity index (χ1v) is 6.94. The van der Waals surface area contributed by atoms with Gasteiger partial charge < -0.3 is 41.3 Å². The van der Waals surface area contributed by atoms with E-state index in [0.29, 0.717) is 0 Å². The van der Waals surface area contributed by atoms with E-state index in [1.54, 1.807) is 0 Å². The molecule has 0 aromatic carbocycles. The minimum absolute atomic E-state index is 0.227. The Hall–Kier alpha value is -2.37. The molecular formula is C8H19N6O7P. The Morgan fingerprint density at radius 2 is 1.45 bits per heavy atom. The van der Waals surface area contributed by atoms with Gasteiger partial charge in [0, 0.05) is 14.1 Å². The molecule has 22 heavy (non-hydrogen) atoms. The summed E-state index contributed by atoms with van der Waals surface area (Å²) in [5.41, 5.74) is 10.0. The number of carboxylic acid groups (broad SMARTS) is 2. The SMILES string of the molecule is CN(CC(=O)O)C(=N)N.CN(CC(=O)O)C(N)=NP(=O)(O)O. The van der Waals surface area contributed by atoms with Gasteiger partial charge in [0.2, 0.25) is 5.96 Å². The van der Waals surface area contributed by atoms with E-state index in [9.17, 15) is 14.2 Å². The Kier molecular flexibility index (Phi) is 9.51. The van der Waals surface area contributed by atoms with E-state index in [1.165, 1.54) is 14.1 Å². The largest absolute Gasteiger partial charge is 0.480 e. The van der Waals surface area contributed by atoms with Crippen molar-refractivity contribution in [3.8, 4) is 0 Å². The predicted octanol–water partition coefficient (Wildman–Crippen LogP) is -2.69. The number of nitrogens with two attached hydrogens (primary N) is 2. The van der Waals surface area contributed by atoms with Crippen molar-refractivity contribution < 1.29 is 34.2 Å². The van der Waals surface area contributed by atoms with Gasteiger partial charge in [0.1, 0.15) is 13.1 Å². The van der Waals surface area contributed by atoms with Crippen molar-refractivity contribution >= 4 is 31.6 Å². The summed E-state index contributed by atoms with van der Waals surface area (Å²) in [4.78, 5) is 38.8. The molecule has 0 atom stereocenters. The van der Waals surface area contributed by atoms with E-state index in [2.05, 4.69) is 4.76 Å². The highest BCUT2D eigenvalue weighted by molar-refractivity contribution is 7.50. The lowest BCUT2D eigenvalue weighted by Crippen LogP contribution is -2.37. The summed E-state index contributed by atoms with van der Waals surface area (Å²) >= 11 is 0. The summed E-state index contributed by atoms with van der Waals surface area (Å²) in [5.74, 6) is -2.92. The Morgan fingerprint density at radius 1 is 1.09 bits per heavy atom. The predicted molar refractivity (Wildman–Crippen MR) is 76.1 cm³/mol. The summed E-state index contributed by atoms with van der Waals surface area (Å²) < 4.78 is 13.1. The third-order valence-corrected chi connectivity index (χ3v) is 2.25. The number of hydrogen-bond donors (Lipinski definition) is 7.